The molecule has 0 radical (unpaired) electrons. The number of rotatable bonds is 4. The quantitative estimate of drug-likeness (QED) is 0.828. The van der Waals surface area contributed by atoms with Crippen LogP contribution in [0.2, 0.25) is 0 Å². The Morgan fingerprint density at radius 2 is 1.95 bits per heavy atom. The van der Waals surface area contributed by atoms with Gasteiger partial charge >= 0.3 is 0 Å². The molecule has 2 rings (SSSR count). The molecule has 2 atom stereocenters. The van der Waals surface area contributed by atoms with Gasteiger partial charge in [0.25, 0.3) is 0 Å². The van der Waals surface area contributed by atoms with Crippen LogP contribution < -0.4 is 10.5 Å². The van der Waals surface area contributed by atoms with Crippen LogP contribution in [-0.4, -0.2) is 42.0 Å². The number of ether oxygens (including phenoxy) is 1. The average Bonchev–Trinajstić information content (AvgIpc) is 2.57. The van der Waals surface area contributed by atoms with E-state index < -0.39 is 0 Å². The molecule has 0 spiro atoms. The van der Waals surface area contributed by atoms with E-state index in [0.29, 0.717) is 13.2 Å². The molecule has 0 fully saturated rings. The number of likely N-dealkylation sites (N-methyl/N-ethyl adjacent to an activating group) is 1. The van der Waals surface area contributed by atoms with E-state index in [4.69, 9.17) is 10.5 Å². The third-order valence-electron chi connectivity index (χ3n) is 4.02. The lowest BCUT2D eigenvalue weighted by atomic mass is 10.1. The van der Waals surface area contributed by atoms with Crippen LogP contribution in [0.25, 0.3) is 0 Å². The highest BCUT2D eigenvalue weighted by Gasteiger charge is 2.48. The lowest BCUT2D eigenvalue weighted by molar-refractivity contribution is -1.08. The number of nitrogens with two attached hydrogens (primary N) is 1. The van der Waals surface area contributed by atoms with Crippen LogP contribution in [0.1, 0.15) is 25.6 Å². The highest BCUT2D eigenvalue weighted by atomic mass is 16.6. The van der Waals surface area contributed by atoms with Crippen LogP contribution in [0, 0.1) is 0 Å². The first-order valence-electron chi connectivity index (χ1n) is 6.88. The Bertz CT molecular complexity index is 508. The summed E-state index contributed by atoms with van der Waals surface area (Å²) in [5, 5.41) is 10.8. The van der Waals surface area contributed by atoms with Crippen molar-refractivity contribution in [2.75, 3.05) is 27.2 Å². The predicted octanol–water partition coefficient (Wildman–Crippen LogP) is 2.06. The zero-order chi connectivity index (χ0) is 14.9. The summed E-state index contributed by atoms with van der Waals surface area (Å²) in [4.78, 5) is 2.07. The van der Waals surface area contributed by atoms with Crippen molar-refractivity contribution in [1.82, 2.24) is 4.90 Å². The van der Waals surface area contributed by atoms with Crippen molar-refractivity contribution in [3.63, 3.8) is 0 Å². The predicted molar refractivity (Wildman–Crippen MR) is 77.8 cm³/mol. The SMILES string of the molecule is CCOc1ccc(C2N(C)C(C)=C(CN)[N+]2(C)O)cc1. The van der Waals surface area contributed by atoms with E-state index >= 15 is 0 Å². The van der Waals surface area contributed by atoms with E-state index in [1.165, 1.54) is 0 Å². The largest absolute Gasteiger partial charge is 0.494 e. The maximum Gasteiger partial charge on any atom is 0.225 e. The second-order valence-corrected chi connectivity index (χ2v) is 5.25. The van der Waals surface area contributed by atoms with E-state index in [0.717, 1.165) is 22.7 Å². The van der Waals surface area contributed by atoms with Gasteiger partial charge in [0, 0.05) is 12.6 Å². The van der Waals surface area contributed by atoms with Crippen molar-refractivity contribution < 1.29 is 14.6 Å². The first-order chi connectivity index (χ1) is 9.43. The molecular formula is C15H24N3O2+. The standard InChI is InChI=1S/C15H24N3O2/c1-5-20-13-8-6-12(7-9-13)15-17(3)11(2)14(10-16)18(15,4)19/h6-9,15,19H,5,10,16H2,1-4H3/q+1. The maximum absolute atomic E-state index is 10.8. The Balaban J connectivity index is 2.34. The minimum atomic E-state index is -0.215. The number of hydrogen-bond donors (Lipinski definition) is 2. The summed E-state index contributed by atoms with van der Waals surface area (Å²) in [5.41, 5.74) is 8.68. The highest BCUT2D eigenvalue weighted by molar-refractivity contribution is 5.30. The van der Waals surface area contributed by atoms with Gasteiger partial charge in [0.2, 0.25) is 6.17 Å². The topological polar surface area (TPSA) is 58.7 Å². The summed E-state index contributed by atoms with van der Waals surface area (Å²) in [5.74, 6) is 0.841. The fourth-order valence-electron chi connectivity index (χ4n) is 2.95. The van der Waals surface area contributed by atoms with Crippen molar-refractivity contribution in [3.05, 3.63) is 41.2 Å². The summed E-state index contributed by atoms with van der Waals surface area (Å²) in [6.45, 7) is 4.94. The number of hydrogen-bond acceptors (Lipinski definition) is 4. The molecule has 1 aromatic rings. The zero-order valence-corrected chi connectivity index (χ0v) is 12.6. The van der Waals surface area contributed by atoms with Gasteiger partial charge in [0.05, 0.1) is 18.8 Å². The molecule has 0 aliphatic carbocycles. The molecular weight excluding hydrogens is 254 g/mol. The molecule has 0 amide bonds. The normalized spacial score (nSPS) is 26.3. The summed E-state index contributed by atoms with van der Waals surface area (Å²) >= 11 is 0. The van der Waals surface area contributed by atoms with Crippen molar-refractivity contribution in [3.8, 4) is 5.75 Å². The van der Waals surface area contributed by atoms with Gasteiger partial charge in [-0.25, -0.2) is 5.21 Å². The molecule has 0 aromatic heterocycles. The molecule has 1 aliphatic heterocycles. The maximum atomic E-state index is 10.8. The van der Waals surface area contributed by atoms with Crippen molar-refractivity contribution in [2.24, 2.45) is 5.73 Å². The summed E-state index contributed by atoms with van der Waals surface area (Å²) in [7, 11) is 3.75. The highest BCUT2D eigenvalue weighted by Crippen LogP contribution is 2.41. The average molecular weight is 278 g/mol. The molecule has 0 saturated heterocycles. The van der Waals surface area contributed by atoms with Crippen LogP contribution in [0.15, 0.2) is 35.7 Å². The first-order valence-corrected chi connectivity index (χ1v) is 6.88. The van der Waals surface area contributed by atoms with Gasteiger partial charge < -0.3 is 15.4 Å². The molecule has 1 aliphatic rings. The smallest absolute Gasteiger partial charge is 0.225 e. The van der Waals surface area contributed by atoms with E-state index in [9.17, 15) is 5.21 Å². The summed E-state index contributed by atoms with van der Waals surface area (Å²) in [6.07, 6.45) is -0.177. The number of nitrogens with zero attached hydrogens (tertiary/aromatic N) is 2. The molecule has 1 aromatic carbocycles. The van der Waals surface area contributed by atoms with Gasteiger partial charge in [-0.3, -0.25) is 0 Å². The number of hydroxylamine groups is 3. The first kappa shape index (κ1) is 14.8. The van der Waals surface area contributed by atoms with Crippen molar-refractivity contribution in [2.45, 2.75) is 20.0 Å². The number of allylic oxidation sites excluding steroid dienone is 1. The van der Waals surface area contributed by atoms with Crippen LogP contribution in [0.3, 0.4) is 0 Å². The third kappa shape index (κ3) is 2.28. The molecule has 0 bridgehead atoms. The van der Waals surface area contributed by atoms with Gasteiger partial charge in [0.15, 0.2) is 5.70 Å². The zero-order valence-electron chi connectivity index (χ0n) is 12.6. The van der Waals surface area contributed by atoms with Crippen LogP contribution in [0.4, 0.5) is 0 Å². The molecule has 110 valence electrons. The Hall–Kier alpha value is -1.56. The van der Waals surface area contributed by atoms with Gasteiger partial charge in [-0.1, -0.05) is 0 Å². The monoisotopic (exact) mass is 278 g/mol. The van der Waals surface area contributed by atoms with Crippen LogP contribution in [-0.2, 0) is 0 Å². The molecule has 1 heterocycles. The van der Waals surface area contributed by atoms with E-state index in [2.05, 4.69) is 4.90 Å². The Labute approximate surface area is 120 Å². The Kier molecular flexibility index (Phi) is 4.04. The van der Waals surface area contributed by atoms with E-state index in [-0.39, 0.29) is 10.8 Å². The molecule has 5 heteroatoms. The minimum Gasteiger partial charge on any atom is -0.494 e. The van der Waals surface area contributed by atoms with Gasteiger partial charge in [-0.05, 0) is 38.1 Å². The number of quaternary nitrogens is 1. The minimum absolute atomic E-state index is 0.177. The molecule has 20 heavy (non-hydrogen) atoms. The van der Waals surface area contributed by atoms with Gasteiger partial charge in [-0.15, -0.1) is 4.65 Å². The fraction of sp³-hybridized carbons (Fsp3) is 0.467. The van der Waals surface area contributed by atoms with Crippen LogP contribution in [0.5, 0.6) is 5.75 Å². The van der Waals surface area contributed by atoms with Crippen molar-refractivity contribution in [1.29, 1.82) is 0 Å². The molecule has 0 saturated carbocycles. The van der Waals surface area contributed by atoms with Crippen molar-refractivity contribution >= 4 is 0 Å². The number of benzene rings is 1. The van der Waals surface area contributed by atoms with Gasteiger partial charge in [0.1, 0.15) is 12.8 Å². The lowest BCUT2D eigenvalue weighted by Crippen LogP contribution is -2.44. The second kappa shape index (κ2) is 5.44. The van der Waals surface area contributed by atoms with E-state index in [1.807, 2.05) is 45.2 Å². The molecule has 5 nitrogen and oxygen atoms in total. The Morgan fingerprint density at radius 1 is 1.35 bits per heavy atom. The fourth-order valence-corrected chi connectivity index (χ4v) is 2.95. The third-order valence-corrected chi connectivity index (χ3v) is 4.02. The molecule has 3 N–H and O–H groups in total. The molecule has 2 unspecified atom stereocenters. The summed E-state index contributed by atoms with van der Waals surface area (Å²) in [6, 6.07) is 7.85. The lowest BCUT2D eigenvalue weighted by Gasteiger charge is -2.32. The van der Waals surface area contributed by atoms with Gasteiger partial charge in [-0.2, -0.15) is 0 Å². The second-order valence-electron chi connectivity index (χ2n) is 5.25. The van der Waals surface area contributed by atoms with Crippen LogP contribution >= 0.6 is 0 Å². The Morgan fingerprint density at radius 3 is 2.40 bits per heavy atom. The summed E-state index contributed by atoms with van der Waals surface area (Å²) < 4.78 is 5.24. The van der Waals surface area contributed by atoms with E-state index in [1.54, 1.807) is 7.05 Å².